The number of anilines is 1. The van der Waals surface area contributed by atoms with Crippen LogP contribution in [0.25, 0.3) is 0 Å². The van der Waals surface area contributed by atoms with Gasteiger partial charge in [-0.25, -0.2) is 0 Å². The van der Waals surface area contributed by atoms with Crippen molar-refractivity contribution in [2.45, 2.75) is 38.7 Å². The van der Waals surface area contributed by atoms with Crippen LogP contribution in [0.4, 0.5) is 5.95 Å². The van der Waals surface area contributed by atoms with Gasteiger partial charge in [0, 0.05) is 25.6 Å². The van der Waals surface area contributed by atoms with E-state index in [1.165, 1.54) is 0 Å². The third-order valence-electron chi connectivity index (χ3n) is 3.13. The van der Waals surface area contributed by atoms with E-state index >= 15 is 0 Å². The Balaban J connectivity index is 1.88. The molecule has 1 saturated heterocycles. The molecule has 1 atom stereocenters. The van der Waals surface area contributed by atoms with Crippen LogP contribution < -0.4 is 4.90 Å². The topological polar surface area (TPSA) is 60.6 Å². The first-order chi connectivity index (χ1) is 9.00. The molecule has 1 fully saturated rings. The molecule has 1 aliphatic rings. The van der Waals surface area contributed by atoms with E-state index in [0.717, 1.165) is 19.5 Å². The standard InChI is InChI=1S/C13H23N3O3/c1-13(2,3)11-14-12(15-19-11)16-6-5-10(9-16)18-8-7-17-4/h10H,5-9H2,1-4H3. The van der Waals surface area contributed by atoms with E-state index in [1.807, 2.05) is 0 Å². The van der Waals surface area contributed by atoms with Crippen molar-refractivity contribution in [3.63, 3.8) is 0 Å². The number of methoxy groups -OCH3 is 1. The van der Waals surface area contributed by atoms with Crippen molar-refractivity contribution in [2.24, 2.45) is 0 Å². The van der Waals surface area contributed by atoms with Gasteiger partial charge in [0.1, 0.15) is 0 Å². The van der Waals surface area contributed by atoms with Crippen LogP contribution in [-0.2, 0) is 14.9 Å². The highest BCUT2D eigenvalue weighted by Crippen LogP contribution is 2.24. The fourth-order valence-corrected chi connectivity index (χ4v) is 1.99. The number of hydrogen-bond acceptors (Lipinski definition) is 6. The highest BCUT2D eigenvalue weighted by molar-refractivity contribution is 5.30. The van der Waals surface area contributed by atoms with Crippen LogP contribution in [0.5, 0.6) is 0 Å². The third-order valence-corrected chi connectivity index (χ3v) is 3.13. The molecule has 0 saturated carbocycles. The van der Waals surface area contributed by atoms with Gasteiger partial charge in [0.25, 0.3) is 5.95 Å². The summed E-state index contributed by atoms with van der Waals surface area (Å²) in [5, 5.41) is 4.06. The van der Waals surface area contributed by atoms with Crippen molar-refractivity contribution in [1.82, 2.24) is 10.1 Å². The van der Waals surface area contributed by atoms with Crippen LogP contribution in [0, 0.1) is 0 Å². The summed E-state index contributed by atoms with van der Waals surface area (Å²) in [6.45, 7) is 9.16. The second-order valence-electron chi connectivity index (χ2n) is 5.87. The van der Waals surface area contributed by atoms with E-state index in [9.17, 15) is 0 Å². The van der Waals surface area contributed by atoms with Gasteiger partial charge >= 0.3 is 0 Å². The molecule has 0 radical (unpaired) electrons. The molecule has 0 amide bonds. The Morgan fingerprint density at radius 2 is 2.16 bits per heavy atom. The van der Waals surface area contributed by atoms with E-state index < -0.39 is 0 Å². The zero-order chi connectivity index (χ0) is 13.9. The van der Waals surface area contributed by atoms with Crippen LogP contribution in [0.1, 0.15) is 33.1 Å². The van der Waals surface area contributed by atoms with Crippen molar-refractivity contribution in [3.8, 4) is 0 Å². The van der Waals surface area contributed by atoms with Crippen molar-refractivity contribution in [3.05, 3.63) is 5.89 Å². The van der Waals surface area contributed by atoms with E-state index in [2.05, 4.69) is 35.8 Å². The zero-order valence-corrected chi connectivity index (χ0v) is 12.2. The molecule has 6 nitrogen and oxygen atoms in total. The van der Waals surface area contributed by atoms with Crippen LogP contribution in [-0.4, -0.2) is 49.7 Å². The number of ether oxygens (including phenoxy) is 2. The molecule has 1 aromatic heterocycles. The first-order valence-electron chi connectivity index (χ1n) is 6.70. The predicted molar refractivity (Wildman–Crippen MR) is 71.4 cm³/mol. The monoisotopic (exact) mass is 269 g/mol. The van der Waals surface area contributed by atoms with Crippen molar-refractivity contribution in [1.29, 1.82) is 0 Å². The average molecular weight is 269 g/mol. The minimum Gasteiger partial charge on any atom is -0.382 e. The van der Waals surface area contributed by atoms with Gasteiger partial charge in [-0.1, -0.05) is 20.8 Å². The highest BCUT2D eigenvalue weighted by atomic mass is 16.5. The molecule has 0 bridgehead atoms. The molecular weight excluding hydrogens is 246 g/mol. The Morgan fingerprint density at radius 1 is 1.37 bits per heavy atom. The summed E-state index contributed by atoms with van der Waals surface area (Å²) >= 11 is 0. The molecule has 0 N–H and O–H groups in total. The third kappa shape index (κ3) is 3.67. The second kappa shape index (κ2) is 5.88. The van der Waals surface area contributed by atoms with Gasteiger partial charge in [-0.2, -0.15) is 4.98 Å². The van der Waals surface area contributed by atoms with E-state index in [0.29, 0.717) is 25.1 Å². The SMILES string of the molecule is COCCOC1CCN(c2noc(C(C)(C)C)n2)C1. The molecule has 2 heterocycles. The molecule has 0 aliphatic carbocycles. The van der Waals surface area contributed by atoms with Crippen LogP contribution in [0.3, 0.4) is 0 Å². The maximum Gasteiger partial charge on any atom is 0.266 e. The van der Waals surface area contributed by atoms with Crippen LogP contribution >= 0.6 is 0 Å². The van der Waals surface area contributed by atoms with Gasteiger partial charge in [0.15, 0.2) is 0 Å². The molecule has 1 unspecified atom stereocenters. The molecule has 2 rings (SSSR count). The first-order valence-corrected chi connectivity index (χ1v) is 6.70. The van der Waals surface area contributed by atoms with E-state index in [1.54, 1.807) is 7.11 Å². The molecular formula is C13H23N3O3. The summed E-state index contributed by atoms with van der Waals surface area (Å²) in [5.41, 5.74) is -0.112. The Kier molecular flexibility index (Phi) is 4.42. The second-order valence-corrected chi connectivity index (χ2v) is 5.87. The Morgan fingerprint density at radius 3 is 2.79 bits per heavy atom. The Bertz CT molecular complexity index is 400. The van der Waals surface area contributed by atoms with Crippen molar-refractivity contribution < 1.29 is 14.0 Å². The van der Waals surface area contributed by atoms with Gasteiger partial charge in [-0.3, -0.25) is 0 Å². The normalized spacial score (nSPS) is 20.2. The summed E-state index contributed by atoms with van der Waals surface area (Å²) in [6, 6.07) is 0. The Hall–Kier alpha value is -1.14. The molecule has 108 valence electrons. The minimum absolute atomic E-state index is 0.112. The van der Waals surface area contributed by atoms with Crippen molar-refractivity contribution >= 4 is 5.95 Å². The van der Waals surface area contributed by atoms with E-state index in [-0.39, 0.29) is 11.5 Å². The van der Waals surface area contributed by atoms with Gasteiger partial charge in [0.2, 0.25) is 5.89 Å². The molecule has 1 aromatic rings. The quantitative estimate of drug-likeness (QED) is 0.757. The summed E-state index contributed by atoms with van der Waals surface area (Å²) in [7, 11) is 1.68. The summed E-state index contributed by atoms with van der Waals surface area (Å²) in [6.07, 6.45) is 1.22. The molecule has 0 aromatic carbocycles. The first kappa shape index (κ1) is 14.3. The zero-order valence-electron chi connectivity index (χ0n) is 12.2. The van der Waals surface area contributed by atoms with Crippen LogP contribution in [0.2, 0.25) is 0 Å². The molecule has 1 aliphatic heterocycles. The lowest BCUT2D eigenvalue weighted by Gasteiger charge is -2.14. The minimum atomic E-state index is -0.112. The molecule has 19 heavy (non-hydrogen) atoms. The highest BCUT2D eigenvalue weighted by Gasteiger charge is 2.28. The van der Waals surface area contributed by atoms with E-state index in [4.69, 9.17) is 14.0 Å². The molecule has 0 spiro atoms. The maximum absolute atomic E-state index is 5.72. The predicted octanol–water partition coefficient (Wildman–Crippen LogP) is 1.61. The fraction of sp³-hybridized carbons (Fsp3) is 0.846. The summed E-state index contributed by atoms with van der Waals surface area (Å²) in [5.74, 6) is 1.34. The summed E-state index contributed by atoms with van der Waals surface area (Å²) < 4.78 is 16.0. The van der Waals surface area contributed by atoms with Gasteiger partial charge in [-0.05, 0) is 11.6 Å². The number of hydrogen-bond donors (Lipinski definition) is 0. The average Bonchev–Trinajstić information content (AvgIpc) is 2.96. The van der Waals surface area contributed by atoms with Crippen LogP contribution in [0.15, 0.2) is 4.52 Å². The van der Waals surface area contributed by atoms with Gasteiger partial charge in [0.05, 0.1) is 19.3 Å². The van der Waals surface area contributed by atoms with Crippen molar-refractivity contribution in [2.75, 3.05) is 38.3 Å². The lowest BCUT2D eigenvalue weighted by Crippen LogP contribution is -2.24. The fourth-order valence-electron chi connectivity index (χ4n) is 1.99. The maximum atomic E-state index is 5.72. The lowest BCUT2D eigenvalue weighted by molar-refractivity contribution is 0.0280. The molecule has 6 heteroatoms. The number of rotatable bonds is 5. The smallest absolute Gasteiger partial charge is 0.266 e. The summed E-state index contributed by atoms with van der Waals surface area (Å²) in [4.78, 5) is 6.57. The van der Waals surface area contributed by atoms with Gasteiger partial charge in [-0.15, -0.1) is 0 Å². The Labute approximate surface area is 114 Å². The number of nitrogens with zero attached hydrogens (tertiary/aromatic N) is 3. The largest absolute Gasteiger partial charge is 0.382 e. The lowest BCUT2D eigenvalue weighted by atomic mass is 9.97. The number of aromatic nitrogens is 2. The van der Waals surface area contributed by atoms with Gasteiger partial charge < -0.3 is 18.9 Å².